The van der Waals surface area contributed by atoms with Crippen molar-refractivity contribution < 1.29 is 13.3 Å². The van der Waals surface area contributed by atoms with E-state index in [4.69, 9.17) is 28.2 Å². The maximum Gasteiger partial charge on any atom is 0.164 e. The molecule has 0 saturated carbocycles. The average Bonchev–Trinajstić information content (AvgIpc) is 1.55. The van der Waals surface area contributed by atoms with Crippen molar-refractivity contribution in [2.45, 2.75) is 176 Å². The number of hydrogen-bond donors (Lipinski definition) is 0. The van der Waals surface area contributed by atoms with Gasteiger partial charge in [0.15, 0.2) is 17.5 Å². The molecule has 0 saturated heterocycles. The lowest BCUT2D eigenvalue weighted by atomic mass is 9.81. The highest BCUT2D eigenvalue weighted by atomic mass is 16.3. The van der Waals surface area contributed by atoms with E-state index in [0.29, 0.717) is 17.5 Å². The molecule has 1 aliphatic rings. The Bertz CT molecular complexity index is 5150. The van der Waals surface area contributed by atoms with Crippen LogP contribution in [0.3, 0.4) is 0 Å². The van der Waals surface area contributed by atoms with Gasteiger partial charge in [0, 0.05) is 76.7 Å². The summed E-state index contributed by atoms with van der Waals surface area (Å²) in [5.41, 5.74) is 23.0. The van der Waals surface area contributed by atoms with Crippen molar-refractivity contribution in [3.8, 4) is 67.5 Å². The van der Waals surface area contributed by atoms with Crippen molar-refractivity contribution in [2.24, 2.45) is 0 Å². The normalized spacial score (nSPS) is 14.1. The standard InChI is InChI=1S/C84H85N3O3/c1-78(2,3)50-32-34-54-66(44-50)88-73-62(81(10,11)12)37-35-56(69(54)73)75-85-76(87-77(86-75)59-43-51(79(4,5)6)45-67-68(59)55-28-24-30-61(71(55)89-67)80(7,8)9)57-36-38-63(82(13,14)15)74-70(57)58-40-49(42-65(72(58)90-74)83(16,17)18)47-26-23-25-46(39-47)48-31-33-53-52-27-21-22-29-60(52)84(19,20)64(53)41-48/h21-45H,1-20H3. The van der Waals surface area contributed by atoms with Crippen LogP contribution >= 0.6 is 0 Å². The minimum atomic E-state index is -0.300. The van der Waals surface area contributed by atoms with Crippen LogP contribution in [0.25, 0.3) is 133 Å². The lowest BCUT2D eigenvalue weighted by molar-refractivity contribution is 0.557. The predicted molar refractivity (Wildman–Crippen MR) is 379 cm³/mol. The Kier molecular flexibility index (Phi) is 12.9. The Hall–Kier alpha value is -8.61. The molecule has 90 heavy (non-hydrogen) atoms. The Morgan fingerprint density at radius 3 is 1.41 bits per heavy atom. The third kappa shape index (κ3) is 9.52. The van der Waals surface area contributed by atoms with Crippen LogP contribution < -0.4 is 0 Å². The molecule has 9 aromatic carbocycles. The predicted octanol–water partition coefficient (Wildman–Crippen LogP) is 24.0. The second-order valence-electron chi connectivity index (χ2n) is 32.5. The van der Waals surface area contributed by atoms with Crippen molar-refractivity contribution in [2.75, 3.05) is 0 Å². The van der Waals surface area contributed by atoms with Gasteiger partial charge >= 0.3 is 0 Å². The van der Waals surface area contributed by atoms with Crippen molar-refractivity contribution in [1.82, 2.24) is 15.0 Å². The molecule has 0 atom stereocenters. The molecular weight excluding hydrogens is 1100 g/mol. The van der Waals surface area contributed by atoms with E-state index in [0.717, 1.165) is 121 Å². The van der Waals surface area contributed by atoms with E-state index in [1.165, 1.54) is 38.9 Å². The van der Waals surface area contributed by atoms with E-state index in [1.807, 2.05) is 0 Å². The van der Waals surface area contributed by atoms with Crippen LogP contribution in [0.15, 0.2) is 165 Å². The zero-order valence-corrected chi connectivity index (χ0v) is 56.5. The fourth-order valence-electron chi connectivity index (χ4n) is 14.2. The van der Waals surface area contributed by atoms with Crippen LogP contribution in [0, 0.1) is 0 Å². The van der Waals surface area contributed by atoms with Gasteiger partial charge in [-0.1, -0.05) is 236 Å². The lowest BCUT2D eigenvalue weighted by Gasteiger charge is -2.22. The first-order chi connectivity index (χ1) is 42.1. The van der Waals surface area contributed by atoms with Crippen molar-refractivity contribution in [3.63, 3.8) is 0 Å². The highest BCUT2D eigenvalue weighted by molar-refractivity contribution is 6.17. The number of para-hydroxylation sites is 1. The van der Waals surface area contributed by atoms with Crippen LogP contribution in [-0.2, 0) is 37.9 Å². The maximum atomic E-state index is 7.50. The molecule has 0 fully saturated rings. The Labute approximate surface area is 531 Å². The van der Waals surface area contributed by atoms with E-state index >= 15 is 0 Å². The van der Waals surface area contributed by atoms with Gasteiger partial charge in [-0.05, 0) is 143 Å². The van der Waals surface area contributed by atoms with Crippen LogP contribution in [0.1, 0.15) is 183 Å². The van der Waals surface area contributed by atoms with Crippen LogP contribution in [-0.4, -0.2) is 15.0 Å². The summed E-state index contributed by atoms with van der Waals surface area (Å²) in [7, 11) is 0. The molecule has 0 unspecified atom stereocenters. The molecule has 6 nitrogen and oxygen atoms in total. The zero-order chi connectivity index (χ0) is 63.9. The van der Waals surface area contributed by atoms with E-state index < -0.39 is 0 Å². The summed E-state index contributed by atoms with van der Waals surface area (Å²) in [4.78, 5) is 17.3. The molecule has 0 bridgehead atoms. The van der Waals surface area contributed by atoms with Gasteiger partial charge in [-0.15, -0.1) is 0 Å². The summed E-state index contributed by atoms with van der Waals surface area (Å²) in [5, 5.41) is 5.98. The Balaban J connectivity index is 1.07. The number of furan rings is 3. The molecule has 454 valence electrons. The first-order valence-corrected chi connectivity index (χ1v) is 32.3. The molecule has 0 aliphatic heterocycles. The number of nitrogens with zero attached hydrogens (tertiary/aromatic N) is 3. The van der Waals surface area contributed by atoms with Gasteiger partial charge < -0.3 is 13.3 Å². The monoisotopic (exact) mass is 1180 g/mol. The largest absolute Gasteiger partial charge is 0.456 e. The number of hydrogen-bond acceptors (Lipinski definition) is 6. The second kappa shape index (κ2) is 19.7. The van der Waals surface area contributed by atoms with Gasteiger partial charge in [0.2, 0.25) is 0 Å². The van der Waals surface area contributed by atoms with Crippen LogP contribution in [0.2, 0.25) is 0 Å². The van der Waals surface area contributed by atoms with Gasteiger partial charge in [-0.2, -0.15) is 0 Å². The van der Waals surface area contributed by atoms with E-state index in [1.54, 1.807) is 0 Å². The quantitative estimate of drug-likeness (QED) is 0.171. The summed E-state index contributed by atoms with van der Waals surface area (Å²) in [5.74, 6) is 1.65. The highest BCUT2D eigenvalue weighted by Gasteiger charge is 2.36. The smallest absolute Gasteiger partial charge is 0.164 e. The summed E-state index contributed by atoms with van der Waals surface area (Å²) < 4.78 is 21.7. The van der Waals surface area contributed by atoms with Gasteiger partial charge in [0.25, 0.3) is 0 Å². The summed E-state index contributed by atoms with van der Waals surface area (Å²) >= 11 is 0. The maximum absolute atomic E-state index is 7.50. The van der Waals surface area contributed by atoms with Crippen molar-refractivity contribution in [3.05, 3.63) is 196 Å². The van der Waals surface area contributed by atoms with Crippen molar-refractivity contribution in [1.29, 1.82) is 0 Å². The molecule has 0 radical (unpaired) electrons. The molecule has 0 N–H and O–H groups in total. The first kappa shape index (κ1) is 59.0. The topological polar surface area (TPSA) is 78.1 Å². The molecule has 1 aliphatic carbocycles. The van der Waals surface area contributed by atoms with E-state index in [2.05, 4.69) is 290 Å². The van der Waals surface area contributed by atoms with E-state index in [9.17, 15) is 0 Å². The second-order valence-corrected chi connectivity index (χ2v) is 32.5. The molecule has 4 aromatic heterocycles. The van der Waals surface area contributed by atoms with Crippen LogP contribution in [0.4, 0.5) is 0 Å². The number of aromatic nitrogens is 3. The SMILES string of the molecule is CC(C)(C)c1ccc2c(c1)oc1c(C(C)(C)C)ccc(-c3nc(-c4cc(C(C)(C)C)cc5oc6c(C(C)(C)C)cccc6c45)nc(-c4ccc(C(C)(C)C)c5oc6c(C(C)(C)C)cc(-c7cccc(-c8ccc9c(c8)C(C)(C)c8ccccc8-9)c7)cc6c45)n3)c12. The molecule has 4 heterocycles. The third-order valence-corrected chi connectivity index (χ3v) is 19.4. The molecule has 6 heteroatoms. The molecule has 0 spiro atoms. The number of fused-ring (bicyclic) bond motifs is 12. The lowest BCUT2D eigenvalue weighted by Crippen LogP contribution is -2.14. The number of rotatable bonds is 5. The van der Waals surface area contributed by atoms with Gasteiger partial charge in [-0.3, -0.25) is 0 Å². The van der Waals surface area contributed by atoms with Gasteiger partial charge in [0.1, 0.15) is 33.5 Å². The summed E-state index contributed by atoms with van der Waals surface area (Å²) in [6, 6.07) is 56.4. The van der Waals surface area contributed by atoms with Gasteiger partial charge in [0.05, 0.1) is 0 Å². The van der Waals surface area contributed by atoms with E-state index in [-0.39, 0.29) is 37.9 Å². The zero-order valence-electron chi connectivity index (χ0n) is 56.5. The molecule has 14 rings (SSSR count). The highest BCUT2D eigenvalue weighted by Crippen LogP contribution is 2.52. The van der Waals surface area contributed by atoms with Crippen LogP contribution in [0.5, 0.6) is 0 Å². The van der Waals surface area contributed by atoms with Crippen molar-refractivity contribution >= 4 is 65.8 Å². The van der Waals surface area contributed by atoms with Gasteiger partial charge in [-0.25, -0.2) is 15.0 Å². The summed E-state index contributed by atoms with van der Waals surface area (Å²) in [6.45, 7) is 45.5. The third-order valence-electron chi connectivity index (χ3n) is 19.4. The molecular formula is C84H85N3O3. The fraction of sp³-hybridized carbons (Fsp3) is 0.321. The molecule has 0 amide bonds. The fourth-order valence-corrected chi connectivity index (χ4v) is 14.2. The molecule has 13 aromatic rings. The first-order valence-electron chi connectivity index (χ1n) is 32.3. The minimum Gasteiger partial charge on any atom is -0.456 e. The Morgan fingerprint density at radius 2 is 0.789 bits per heavy atom. The Morgan fingerprint density at radius 1 is 0.289 bits per heavy atom. The summed E-state index contributed by atoms with van der Waals surface area (Å²) in [6.07, 6.45) is 0. The average molecular weight is 1180 g/mol. The number of benzene rings is 9. The minimum absolute atomic E-state index is 0.0869.